The lowest BCUT2D eigenvalue weighted by atomic mass is 9.62. The van der Waals surface area contributed by atoms with Crippen LogP contribution in [0.3, 0.4) is 0 Å². The summed E-state index contributed by atoms with van der Waals surface area (Å²) in [4.78, 5) is 39.1. The van der Waals surface area contributed by atoms with Gasteiger partial charge in [0, 0.05) is 34.2 Å². The van der Waals surface area contributed by atoms with Crippen molar-refractivity contribution in [1.29, 1.82) is 0 Å². The van der Waals surface area contributed by atoms with Gasteiger partial charge < -0.3 is 9.73 Å². The Kier molecular flexibility index (Phi) is 3.19. The second-order valence-corrected chi connectivity index (χ2v) is 10.6. The first-order chi connectivity index (χ1) is 14.2. The van der Waals surface area contributed by atoms with Gasteiger partial charge in [0.15, 0.2) is 15.6 Å². The van der Waals surface area contributed by atoms with E-state index in [9.17, 15) is 22.8 Å². The number of nitrogens with one attached hydrogen (secondary N) is 1. The van der Waals surface area contributed by atoms with Crippen LogP contribution in [0.15, 0.2) is 33.4 Å². The average Bonchev–Trinajstić information content (AvgIpc) is 3.15. The van der Waals surface area contributed by atoms with Crippen molar-refractivity contribution in [1.82, 2.24) is 5.32 Å². The third kappa shape index (κ3) is 1.95. The van der Waals surface area contributed by atoms with Gasteiger partial charge in [-0.15, -0.1) is 0 Å². The molecule has 0 saturated carbocycles. The molecule has 2 heterocycles. The van der Waals surface area contributed by atoms with E-state index in [4.69, 9.17) is 4.42 Å². The number of sulfone groups is 1. The third-order valence-corrected chi connectivity index (χ3v) is 8.63. The predicted octanol–water partition coefficient (Wildman–Crippen LogP) is 2.07. The Bertz CT molecular complexity index is 1380. The van der Waals surface area contributed by atoms with Crippen LogP contribution >= 0.6 is 0 Å². The van der Waals surface area contributed by atoms with E-state index in [-0.39, 0.29) is 34.9 Å². The number of rotatable bonds is 0. The van der Waals surface area contributed by atoms with E-state index < -0.39 is 31.7 Å². The standard InChI is InChI=1S/C22H17NO6S/c1-22-4-2-3-10-9-29-20(15(10)22)18(25)13-7-11-12(8-14(13)22)19(26)21-16(17(11)24)23-5-6-30(21,27)28/h7-9,23H,2-6H2,1H3/t22-/m0/s1. The number of furan rings is 1. The Labute approximate surface area is 172 Å². The number of ketones is 3. The summed E-state index contributed by atoms with van der Waals surface area (Å²) >= 11 is 0. The van der Waals surface area contributed by atoms with Crippen LogP contribution in [-0.2, 0) is 21.7 Å². The number of benzene rings is 1. The highest BCUT2D eigenvalue weighted by molar-refractivity contribution is 7.96. The van der Waals surface area contributed by atoms with Gasteiger partial charge in [-0.2, -0.15) is 0 Å². The lowest BCUT2D eigenvalue weighted by molar-refractivity contribution is 0.0970. The maximum absolute atomic E-state index is 13.2. The van der Waals surface area contributed by atoms with Crippen molar-refractivity contribution in [2.75, 3.05) is 12.3 Å². The third-order valence-electron chi connectivity index (χ3n) is 6.88. The van der Waals surface area contributed by atoms with Crippen molar-refractivity contribution < 1.29 is 27.2 Å². The van der Waals surface area contributed by atoms with Gasteiger partial charge in [-0.1, -0.05) is 6.92 Å². The van der Waals surface area contributed by atoms with Gasteiger partial charge in [0.2, 0.25) is 17.3 Å². The van der Waals surface area contributed by atoms with Gasteiger partial charge in [-0.05, 0) is 42.5 Å². The number of carbonyl (C=O) groups excluding carboxylic acids is 3. The van der Waals surface area contributed by atoms with Crippen molar-refractivity contribution in [2.24, 2.45) is 0 Å². The van der Waals surface area contributed by atoms with E-state index in [0.717, 1.165) is 30.4 Å². The van der Waals surface area contributed by atoms with Crippen LogP contribution in [0.25, 0.3) is 0 Å². The lowest BCUT2D eigenvalue weighted by Crippen LogP contribution is -2.42. The molecule has 7 nitrogen and oxygen atoms in total. The first kappa shape index (κ1) is 17.8. The van der Waals surface area contributed by atoms with Gasteiger partial charge in [-0.3, -0.25) is 14.4 Å². The molecule has 1 aromatic carbocycles. The molecule has 0 bridgehead atoms. The minimum atomic E-state index is -3.85. The molecule has 30 heavy (non-hydrogen) atoms. The number of carbonyl (C=O) groups is 3. The molecule has 1 N–H and O–H groups in total. The number of hydrogen-bond acceptors (Lipinski definition) is 7. The van der Waals surface area contributed by atoms with E-state index in [1.807, 2.05) is 6.92 Å². The van der Waals surface area contributed by atoms with Gasteiger partial charge in [0.25, 0.3) is 0 Å². The van der Waals surface area contributed by atoms with E-state index in [1.54, 1.807) is 12.3 Å². The zero-order valence-corrected chi connectivity index (χ0v) is 16.9. The molecular formula is C22H17NO6S. The molecule has 1 aromatic heterocycles. The molecule has 1 aliphatic heterocycles. The molecule has 0 spiro atoms. The number of fused-ring (bicyclic) bond motifs is 3. The number of Topliss-reactive ketones (excluding diaryl/α,β-unsaturated/α-hetero) is 2. The molecule has 0 unspecified atom stereocenters. The topological polar surface area (TPSA) is 111 Å². The SMILES string of the molecule is C[C@@]12CCCc3coc(c31)C(=O)c1cc3c(cc12)C(=O)C1=C(NCCS1(=O)=O)C3=O. The Hall–Kier alpha value is -3.00. The number of hydrogen-bond donors (Lipinski definition) is 1. The van der Waals surface area contributed by atoms with Crippen molar-refractivity contribution in [3.8, 4) is 0 Å². The monoisotopic (exact) mass is 423 g/mol. The molecule has 0 fully saturated rings. The first-order valence-electron chi connectivity index (χ1n) is 9.88. The Morgan fingerprint density at radius 2 is 1.80 bits per heavy atom. The molecule has 152 valence electrons. The molecule has 2 aromatic rings. The summed E-state index contributed by atoms with van der Waals surface area (Å²) in [6.45, 7) is 2.08. The highest BCUT2D eigenvalue weighted by Gasteiger charge is 2.48. The summed E-state index contributed by atoms with van der Waals surface area (Å²) in [5.74, 6) is -1.49. The fourth-order valence-electron chi connectivity index (χ4n) is 5.46. The van der Waals surface area contributed by atoms with Crippen molar-refractivity contribution in [3.63, 3.8) is 0 Å². The van der Waals surface area contributed by atoms with Crippen LogP contribution in [0.5, 0.6) is 0 Å². The summed E-state index contributed by atoms with van der Waals surface area (Å²) in [6.07, 6.45) is 4.10. The highest BCUT2D eigenvalue weighted by Crippen LogP contribution is 2.50. The molecule has 0 radical (unpaired) electrons. The summed E-state index contributed by atoms with van der Waals surface area (Å²) in [5.41, 5.74) is 2.24. The zero-order valence-electron chi connectivity index (χ0n) is 16.1. The fraction of sp³-hybridized carbons (Fsp3) is 0.318. The lowest BCUT2D eigenvalue weighted by Gasteiger charge is -2.39. The Morgan fingerprint density at radius 3 is 2.60 bits per heavy atom. The molecule has 1 atom stereocenters. The normalized spacial score (nSPS) is 25.8. The highest BCUT2D eigenvalue weighted by atomic mass is 32.2. The molecular weight excluding hydrogens is 406 g/mol. The molecule has 0 saturated heterocycles. The molecule has 4 aliphatic rings. The van der Waals surface area contributed by atoms with Crippen LogP contribution in [0, 0.1) is 0 Å². The average molecular weight is 423 g/mol. The molecule has 0 amide bonds. The van der Waals surface area contributed by atoms with Crippen molar-refractivity contribution in [2.45, 2.75) is 31.6 Å². The van der Waals surface area contributed by atoms with E-state index in [1.165, 1.54) is 6.07 Å². The summed E-state index contributed by atoms with van der Waals surface area (Å²) in [5, 5.41) is 2.77. The quantitative estimate of drug-likeness (QED) is 0.691. The molecule has 3 aliphatic carbocycles. The van der Waals surface area contributed by atoms with Crippen LogP contribution in [0.4, 0.5) is 0 Å². The fourth-order valence-corrected chi connectivity index (χ4v) is 6.91. The van der Waals surface area contributed by atoms with Gasteiger partial charge in [0.05, 0.1) is 12.0 Å². The Balaban J connectivity index is 1.64. The van der Waals surface area contributed by atoms with Gasteiger partial charge in [0.1, 0.15) is 10.6 Å². The van der Waals surface area contributed by atoms with Crippen LogP contribution in [0.1, 0.15) is 73.3 Å². The molecule has 6 rings (SSSR count). The largest absolute Gasteiger partial charge is 0.460 e. The molecule has 8 heteroatoms. The van der Waals surface area contributed by atoms with Crippen molar-refractivity contribution >= 4 is 27.2 Å². The predicted molar refractivity (Wildman–Crippen MR) is 105 cm³/mol. The van der Waals surface area contributed by atoms with Gasteiger partial charge in [-0.25, -0.2) is 8.42 Å². The summed E-state index contributed by atoms with van der Waals surface area (Å²) in [7, 11) is -3.85. The summed E-state index contributed by atoms with van der Waals surface area (Å²) in [6, 6.07) is 3.02. The zero-order chi connectivity index (χ0) is 21.0. The Morgan fingerprint density at radius 1 is 1.03 bits per heavy atom. The van der Waals surface area contributed by atoms with Crippen molar-refractivity contribution in [3.05, 3.63) is 68.1 Å². The maximum Gasteiger partial charge on any atom is 0.228 e. The summed E-state index contributed by atoms with van der Waals surface area (Å²) < 4.78 is 30.7. The van der Waals surface area contributed by atoms with Crippen LogP contribution < -0.4 is 5.32 Å². The minimum absolute atomic E-state index is 0.0536. The second kappa shape index (κ2) is 5.37. The van der Waals surface area contributed by atoms with E-state index in [2.05, 4.69) is 5.32 Å². The van der Waals surface area contributed by atoms with Gasteiger partial charge >= 0.3 is 0 Å². The van der Waals surface area contributed by atoms with Crippen LogP contribution in [-0.4, -0.2) is 38.1 Å². The number of allylic oxidation sites excluding steroid dienone is 2. The number of aryl methyl sites for hydroxylation is 1. The van der Waals surface area contributed by atoms with Crippen LogP contribution in [0.2, 0.25) is 0 Å². The maximum atomic E-state index is 13.2. The first-order valence-corrected chi connectivity index (χ1v) is 11.5. The minimum Gasteiger partial charge on any atom is -0.460 e. The van der Waals surface area contributed by atoms with E-state index >= 15 is 0 Å². The van der Waals surface area contributed by atoms with E-state index in [0.29, 0.717) is 16.9 Å². The second-order valence-electron chi connectivity index (χ2n) is 8.53. The smallest absolute Gasteiger partial charge is 0.228 e.